The fourth-order valence-corrected chi connectivity index (χ4v) is 1.14. The summed E-state index contributed by atoms with van der Waals surface area (Å²) in [4.78, 5) is 4.08. The van der Waals surface area contributed by atoms with Crippen molar-refractivity contribution in [2.24, 2.45) is 0 Å². The number of nitrogens with zero attached hydrogens (tertiary/aromatic N) is 1. The molecule has 0 bridgehead atoms. The summed E-state index contributed by atoms with van der Waals surface area (Å²) in [6, 6.07) is 2.03. The number of pyridine rings is 1. The number of aryl methyl sites for hydroxylation is 1. The van der Waals surface area contributed by atoms with Gasteiger partial charge >= 0.3 is 0 Å². The maximum absolute atomic E-state index is 5.08. The van der Waals surface area contributed by atoms with E-state index >= 15 is 0 Å². The number of methoxy groups -OCH3 is 1. The second-order valence-electron chi connectivity index (χ2n) is 2.46. The smallest absolute Gasteiger partial charge is 0.216 e. The van der Waals surface area contributed by atoms with Gasteiger partial charge in [0.15, 0.2) is 0 Å². The Kier molecular flexibility index (Phi) is 5.94. The summed E-state index contributed by atoms with van der Waals surface area (Å²) >= 11 is 0. The Bertz CT molecular complexity index is 224. The van der Waals surface area contributed by atoms with E-state index in [1.54, 1.807) is 13.3 Å². The van der Waals surface area contributed by atoms with Crippen LogP contribution in [0.3, 0.4) is 0 Å². The monoisotopic (exact) mass is 181 g/mol. The van der Waals surface area contributed by atoms with Gasteiger partial charge in [0, 0.05) is 11.8 Å². The molecule has 0 aliphatic heterocycles. The first-order valence-electron chi connectivity index (χ1n) is 4.78. The van der Waals surface area contributed by atoms with Crippen molar-refractivity contribution in [2.45, 2.75) is 34.1 Å². The molecule has 2 heteroatoms. The minimum atomic E-state index is 0.740. The Morgan fingerprint density at radius 3 is 2.46 bits per heavy atom. The van der Waals surface area contributed by atoms with Gasteiger partial charge < -0.3 is 4.74 Å². The van der Waals surface area contributed by atoms with Crippen LogP contribution in [-0.2, 0) is 6.42 Å². The van der Waals surface area contributed by atoms with E-state index in [1.165, 1.54) is 5.56 Å². The van der Waals surface area contributed by atoms with Crippen molar-refractivity contribution in [3.63, 3.8) is 0 Å². The first kappa shape index (κ1) is 11.9. The van der Waals surface area contributed by atoms with Gasteiger partial charge in [0.25, 0.3) is 0 Å². The zero-order valence-corrected chi connectivity index (χ0v) is 9.22. The molecule has 0 spiro atoms. The molecule has 74 valence electrons. The van der Waals surface area contributed by atoms with Gasteiger partial charge in [-0.25, -0.2) is 4.98 Å². The highest BCUT2D eigenvalue weighted by molar-refractivity contribution is 5.32. The highest BCUT2D eigenvalue weighted by Crippen LogP contribution is 2.17. The molecule has 0 fully saturated rings. The molecule has 0 aliphatic rings. The van der Waals surface area contributed by atoms with Gasteiger partial charge in [0.05, 0.1) is 7.11 Å². The molecule has 0 aromatic carbocycles. The second kappa shape index (κ2) is 6.46. The van der Waals surface area contributed by atoms with Crippen LogP contribution in [0.2, 0.25) is 0 Å². The van der Waals surface area contributed by atoms with E-state index in [0.717, 1.165) is 17.9 Å². The molecule has 0 unspecified atom stereocenters. The highest BCUT2D eigenvalue weighted by Gasteiger charge is 2.01. The summed E-state index contributed by atoms with van der Waals surface area (Å²) in [5.74, 6) is 0.740. The predicted molar refractivity (Wildman–Crippen MR) is 56.3 cm³/mol. The van der Waals surface area contributed by atoms with E-state index in [0.29, 0.717) is 0 Å². The first-order valence-corrected chi connectivity index (χ1v) is 4.78. The molecular weight excluding hydrogens is 162 g/mol. The molecule has 0 saturated heterocycles. The van der Waals surface area contributed by atoms with E-state index in [-0.39, 0.29) is 0 Å². The molecule has 1 aromatic rings. The van der Waals surface area contributed by atoms with Crippen LogP contribution in [0.1, 0.15) is 31.9 Å². The zero-order chi connectivity index (χ0) is 10.3. The van der Waals surface area contributed by atoms with Gasteiger partial charge in [-0.3, -0.25) is 0 Å². The van der Waals surface area contributed by atoms with E-state index in [4.69, 9.17) is 4.74 Å². The maximum atomic E-state index is 5.08. The van der Waals surface area contributed by atoms with Crippen LogP contribution < -0.4 is 4.74 Å². The van der Waals surface area contributed by atoms with Crippen LogP contribution in [0.5, 0.6) is 5.88 Å². The third-order valence-corrected chi connectivity index (χ3v) is 1.84. The number of ether oxygens (including phenoxy) is 1. The van der Waals surface area contributed by atoms with Gasteiger partial charge in [0.2, 0.25) is 5.88 Å². The van der Waals surface area contributed by atoms with E-state index < -0.39 is 0 Å². The van der Waals surface area contributed by atoms with Gasteiger partial charge in [-0.05, 0) is 25.0 Å². The molecule has 0 atom stereocenters. The number of hydrogen-bond donors (Lipinski definition) is 0. The lowest BCUT2D eigenvalue weighted by molar-refractivity contribution is 0.394. The van der Waals surface area contributed by atoms with Crippen LogP contribution in [0.25, 0.3) is 0 Å². The molecule has 2 nitrogen and oxygen atoms in total. The van der Waals surface area contributed by atoms with Gasteiger partial charge in [-0.1, -0.05) is 20.8 Å². The predicted octanol–water partition coefficient (Wildman–Crippen LogP) is 2.99. The molecule has 0 radical (unpaired) electrons. The lowest BCUT2D eigenvalue weighted by Gasteiger charge is -2.06. The lowest BCUT2D eigenvalue weighted by atomic mass is 10.1. The van der Waals surface area contributed by atoms with Crippen molar-refractivity contribution in [1.82, 2.24) is 4.98 Å². The zero-order valence-electron chi connectivity index (χ0n) is 9.22. The number of rotatable bonds is 2. The Morgan fingerprint density at radius 2 is 2.00 bits per heavy atom. The Hall–Kier alpha value is -1.05. The van der Waals surface area contributed by atoms with Crippen LogP contribution in [0.15, 0.2) is 12.3 Å². The van der Waals surface area contributed by atoms with Crippen molar-refractivity contribution in [2.75, 3.05) is 7.11 Å². The molecular formula is C11H19NO. The van der Waals surface area contributed by atoms with Crippen molar-refractivity contribution < 1.29 is 4.74 Å². The molecule has 13 heavy (non-hydrogen) atoms. The van der Waals surface area contributed by atoms with E-state index in [9.17, 15) is 0 Å². The van der Waals surface area contributed by atoms with Crippen LogP contribution in [-0.4, -0.2) is 12.1 Å². The normalized spacial score (nSPS) is 8.69. The average Bonchev–Trinajstić information content (AvgIpc) is 2.21. The SMILES string of the molecule is CC.CCc1ccnc(OC)c1C. The molecule has 1 heterocycles. The minimum absolute atomic E-state index is 0.740. The second-order valence-corrected chi connectivity index (χ2v) is 2.46. The molecule has 1 rings (SSSR count). The standard InChI is InChI=1S/C9H13NO.C2H6/c1-4-8-5-6-10-9(11-3)7(8)2;1-2/h5-6H,4H2,1-3H3;1-2H3. The Morgan fingerprint density at radius 1 is 1.38 bits per heavy atom. The van der Waals surface area contributed by atoms with Gasteiger partial charge in [0.1, 0.15) is 0 Å². The maximum Gasteiger partial charge on any atom is 0.216 e. The summed E-state index contributed by atoms with van der Waals surface area (Å²) in [6.07, 6.45) is 2.81. The van der Waals surface area contributed by atoms with Gasteiger partial charge in [-0.2, -0.15) is 0 Å². The molecule has 0 saturated carbocycles. The van der Waals surface area contributed by atoms with Crippen LogP contribution >= 0.6 is 0 Å². The van der Waals surface area contributed by atoms with E-state index in [2.05, 4.69) is 11.9 Å². The number of aromatic nitrogens is 1. The summed E-state index contributed by atoms with van der Waals surface area (Å²) in [5, 5.41) is 0. The third-order valence-electron chi connectivity index (χ3n) is 1.84. The van der Waals surface area contributed by atoms with E-state index in [1.807, 2.05) is 26.8 Å². The third kappa shape index (κ3) is 3.05. The Balaban J connectivity index is 0.000000671. The Labute approximate surface area is 81.0 Å². The molecule has 0 aliphatic carbocycles. The summed E-state index contributed by atoms with van der Waals surface area (Å²) in [6.45, 7) is 8.16. The minimum Gasteiger partial charge on any atom is -0.481 e. The summed E-state index contributed by atoms with van der Waals surface area (Å²) < 4.78 is 5.08. The summed E-state index contributed by atoms with van der Waals surface area (Å²) in [5.41, 5.74) is 2.45. The van der Waals surface area contributed by atoms with Crippen molar-refractivity contribution >= 4 is 0 Å². The molecule has 0 amide bonds. The number of hydrogen-bond acceptors (Lipinski definition) is 2. The average molecular weight is 181 g/mol. The fraction of sp³-hybridized carbons (Fsp3) is 0.545. The highest BCUT2D eigenvalue weighted by atomic mass is 16.5. The summed E-state index contributed by atoms with van der Waals surface area (Å²) in [7, 11) is 1.65. The molecule has 1 aromatic heterocycles. The van der Waals surface area contributed by atoms with Crippen LogP contribution in [0.4, 0.5) is 0 Å². The van der Waals surface area contributed by atoms with Crippen LogP contribution in [0, 0.1) is 6.92 Å². The molecule has 0 N–H and O–H groups in total. The lowest BCUT2D eigenvalue weighted by Crippen LogP contribution is -1.94. The van der Waals surface area contributed by atoms with Gasteiger partial charge in [-0.15, -0.1) is 0 Å². The fourth-order valence-electron chi connectivity index (χ4n) is 1.14. The topological polar surface area (TPSA) is 22.1 Å². The van der Waals surface area contributed by atoms with Crippen molar-refractivity contribution in [3.05, 3.63) is 23.4 Å². The first-order chi connectivity index (χ1) is 6.29. The quantitative estimate of drug-likeness (QED) is 0.699. The van der Waals surface area contributed by atoms with Crippen molar-refractivity contribution in [1.29, 1.82) is 0 Å². The van der Waals surface area contributed by atoms with Crippen molar-refractivity contribution in [3.8, 4) is 5.88 Å². The largest absolute Gasteiger partial charge is 0.481 e.